The molecule has 0 bridgehead atoms. The molecule has 0 amide bonds. The molecule has 8 heteroatoms. The third-order valence-corrected chi connectivity index (χ3v) is 6.15. The van der Waals surface area contributed by atoms with Gasteiger partial charge in [-0.25, -0.2) is 9.98 Å². The molecule has 1 saturated carbocycles. The predicted octanol–water partition coefficient (Wildman–Crippen LogP) is 2.20. The Kier molecular flexibility index (Phi) is 5.38. The molecule has 3 heterocycles. The SMILES string of the molecule is Cc1cc(C2=NC(OCc3cc(N)ncc3OC3CC3)=C(N)NC2)cc2c1CCN(C)C2. The minimum absolute atomic E-state index is 0.247. The zero-order chi connectivity index (χ0) is 22.2. The normalized spacial score (nSPS) is 18.6. The van der Waals surface area contributed by atoms with Crippen LogP contribution < -0.4 is 21.5 Å². The van der Waals surface area contributed by atoms with Gasteiger partial charge in [-0.05, 0) is 73.7 Å². The number of nitrogens with two attached hydrogens (primary N) is 2. The number of nitrogen functional groups attached to an aromatic ring is 1. The number of anilines is 1. The molecule has 3 aliphatic rings. The number of hydrogen-bond donors (Lipinski definition) is 3. The summed E-state index contributed by atoms with van der Waals surface area (Å²) in [4.78, 5) is 11.3. The Morgan fingerprint density at radius 3 is 2.88 bits per heavy atom. The Morgan fingerprint density at radius 2 is 2.06 bits per heavy atom. The summed E-state index contributed by atoms with van der Waals surface area (Å²) in [5, 5.41) is 3.22. The Hall–Kier alpha value is -3.26. The van der Waals surface area contributed by atoms with Gasteiger partial charge in [0.1, 0.15) is 18.2 Å². The number of fused-ring (bicyclic) bond motifs is 1. The number of nitrogens with zero attached hydrogens (tertiary/aromatic N) is 3. The van der Waals surface area contributed by atoms with Gasteiger partial charge in [0.2, 0.25) is 0 Å². The third kappa shape index (κ3) is 4.36. The van der Waals surface area contributed by atoms with E-state index in [1.54, 1.807) is 12.3 Å². The Morgan fingerprint density at radius 1 is 1.22 bits per heavy atom. The molecule has 0 radical (unpaired) electrons. The van der Waals surface area contributed by atoms with Crippen LogP contribution in [0.1, 0.15) is 40.7 Å². The molecular formula is C24H30N6O2. The van der Waals surface area contributed by atoms with Gasteiger partial charge in [-0.1, -0.05) is 0 Å². The van der Waals surface area contributed by atoms with E-state index in [0.29, 0.717) is 29.8 Å². The summed E-state index contributed by atoms with van der Waals surface area (Å²) in [6, 6.07) is 6.25. The van der Waals surface area contributed by atoms with Gasteiger partial charge in [-0.2, -0.15) is 0 Å². The van der Waals surface area contributed by atoms with Crippen LogP contribution in [-0.4, -0.2) is 41.8 Å². The maximum Gasteiger partial charge on any atom is 0.255 e. The van der Waals surface area contributed by atoms with Crippen LogP contribution in [0, 0.1) is 6.92 Å². The molecule has 0 spiro atoms. The molecule has 2 aliphatic heterocycles. The Bertz CT molecular complexity index is 1110. The van der Waals surface area contributed by atoms with E-state index in [1.165, 1.54) is 16.7 Å². The standard InChI is InChI=1S/C24H30N6O2/c1-14-7-15(8-16-12-30(2)6-5-19(14)16)20-10-28-23(26)24(29-20)31-13-17-9-22(25)27-11-21(17)32-18-3-4-18/h7-9,11,18,28H,3-6,10,12-13,26H2,1-2H3,(H2,25,27). The van der Waals surface area contributed by atoms with Crippen molar-refractivity contribution in [2.75, 3.05) is 25.9 Å². The van der Waals surface area contributed by atoms with Gasteiger partial charge < -0.3 is 31.2 Å². The van der Waals surface area contributed by atoms with E-state index in [4.69, 9.17) is 25.9 Å². The molecule has 0 saturated heterocycles. The quantitative estimate of drug-likeness (QED) is 0.639. The number of nitrogens with one attached hydrogen (secondary N) is 1. The number of aliphatic imine (C=N–C) groups is 1. The number of rotatable bonds is 6. The highest BCUT2D eigenvalue weighted by atomic mass is 16.5. The first-order chi connectivity index (χ1) is 15.5. The topological polar surface area (TPSA) is 111 Å². The summed E-state index contributed by atoms with van der Waals surface area (Å²) in [5.74, 6) is 1.93. The number of benzene rings is 1. The van der Waals surface area contributed by atoms with Crippen molar-refractivity contribution in [3.05, 3.63) is 63.9 Å². The minimum Gasteiger partial charge on any atom is -0.488 e. The van der Waals surface area contributed by atoms with Crippen LogP contribution in [0.2, 0.25) is 0 Å². The number of ether oxygens (including phenoxy) is 2. The Labute approximate surface area is 188 Å². The van der Waals surface area contributed by atoms with Crippen LogP contribution >= 0.6 is 0 Å². The maximum absolute atomic E-state index is 6.16. The molecule has 2 aromatic rings. The van der Waals surface area contributed by atoms with Gasteiger partial charge in [0, 0.05) is 18.7 Å². The molecule has 5 N–H and O–H groups in total. The molecular weight excluding hydrogens is 404 g/mol. The van der Waals surface area contributed by atoms with Crippen molar-refractivity contribution in [2.45, 2.75) is 45.4 Å². The summed E-state index contributed by atoms with van der Waals surface area (Å²) in [7, 11) is 2.16. The van der Waals surface area contributed by atoms with Crippen molar-refractivity contribution >= 4 is 11.5 Å². The maximum atomic E-state index is 6.16. The second-order valence-corrected chi connectivity index (χ2v) is 8.87. The minimum atomic E-state index is 0.247. The first-order valence-corrected chi connectivity index (χ1v) is 11.1. The molecule has 1 aromatic carbocycles. The van der Waals surface area contributed by atoms with Crippen molar-refractivity contribution in [1.82, 2.24) is 15.2 Å². The molecule has 8 nitrogen and oxygen atoms in total. The average molecular weight is 435 g/mol. The summed E-state index contributed by atoms with van der Waals surface area (Å²) < 4.78 is 12.0. The summed E-state index contributed by atoms with van der Waals surface area (Å²) in [5.41, 5.74) is 19.0. The van der Waals surface area contributed by atoms with Crippen LogP contribution in [-0.2, 0) is 24.3 Å². The second-order valence-electron chi connectivity index (χ2n) is 8.87. The number of aromatic nitrogens is 1. The van der Waals surface area contributed by atoms with Crippen LogP contribution in [0.25, 0.3) is 0 Å². The lowest BCUT2D eigenvalue weighted by atomic mass is 9.91. The molecule has 32 heavy (non-hydrogen) atoms. The fourth-order valence-corrected chi connectivity index (χ4v) is 4.22. The highest BCUT2D eigenvalue weighted by Gasteiger charge is 2.25. The monoisotopic (exact) mass is 434 g/mol. The van der Waals surface area contributed by atoms with E-state index in [9.17, 15) is 0 Å². The molecule has 0 unspecified atom stereocenters. The van der Waals surface area contributed by atoms with Gasteiger partial charge >= 0.3 is 0 Å². The third-order valence-electron chi connectivity index (χ3n) is 6.15. The number of pyridine rings is 1. The van der Waals surface area contributed by atoms with Crippen LogP contribution in [0.3, 0.4) is 0 Å². The number of hydrogen-bond acceptors (Lipinski definition) is 8. The fraction of sp³-hybridized carbons (Fsp3) is 0.417. The first kappa shape index (κ1) is 20.6. The first-order valence-electron chi connectivity index (χ1n) is 11.1. The molecule has 0 atom stereocenters. The van der Waals surface area contributed by atoms with Gasteiger partial charge in [0.15, 0.2) is 5.82 Å². The van der Waals surface area contributed by atoms with Crippen molar-refractivity contribution in [1.29, 1.82) is 0 Å². The van der Waals surface area contributed by atoms with Gasteiger partial charge in [-0.3, -0.25) is 0 Å². The van der Waals surface area contributed by atoms with E-state index in [1.807, 2.05) is 0 Å². The second kappa shape index (κ2) is 8.35. The highest BCUT2D eigenvalue weighted by molar-refractivity contribution is 6.03. The summed E-state index contributed by atoms with van der Waals surface area (Å²) in [6.07, 6.45) is 5.14. The van der Waals surface area contributed by atoms with Crippen molar-refractivity contribution in [3.63, 3.8) is 0 Å². The smallest absolute Gasteiger partial charge is 0.255 e. The summed E-state index contributed by atoms with van der Waals surface area (Å²) in [6.45, 7) is 5.04. The van der Waals surface area contributed by atoms with Crippen molar-refractivity contribution < 1.29 is 9.47 Å². The van der Waals surface area contributed by atoms with Crippen molar-refractivity contribution in [2.24, 2.45) is 10.7 Å². The summed E-state index contributed by atoms with van der Waals surface area (Å²) >= 11 is 0. The lowest BCUT2D eigenvalue weighted by Crippen LogP contribution is -2.33. The zero-order valence-corrected chi connectivity index (χ0v) is 18.6. The molecule has 1 fully saturated rings. The predicted molar refractivity (Wildman–Crippen MR) is 124 cm³/mol. The van der Waals surface area contributed by atoms with E-state index in [2.05, 4.69) is 41.3 Å². The largest absolute Gasteiger partial charge is 0.488 e. The Balaban J connectivity index is 1.37. The molecule has 1 aromatic heterocycles. The average Bonchev–Trinajstić information content (AvgIpc) is 3.58. The van der Waals surface area contributed by atoms with Crippen LogP contribution in [0.5, 0.6) is 5.75 Å². The zero-order valence-electron chi connectivity index (χ0n) is 18.6. The number of aryl methyl sites for hydroxylation is 1. The molecule has 5 rings (SSSR count). The van der Waals surface area contributed by atoms with Gasteiger partial charge in [0.25, 0.3) is 5.88 Å². The molecule has 1 aliphatic carbocycles. The van der Waals surface area contributed by atoms with Gasteiger partial charge in [0.05, 0.1) is 24.6 Å². The van der Waals surface area contributed by atoms with Crippen molar-refractivity contribution in [3.8, 4) is 5.75 Å². The van der Waals surface area contributed by atoms with E-state index in [0.717, 1.165) is 49.2 Å². The van der Waals surface area contributed by atoms with Crippen LogP contribution in [0.15, 0.2) is 41.1 Å². The molecule has 168 valence electrons. The van der Waals surface area contributed by atoms with E-state index in [-0.39, 0.29) is 12.7 Å². The van der Waals surface area contributed by atoms with E-state index >= 15 is 0 Å². The number of likely N-dealkylation sites (N-methyl/N-ethyl adjacent to an activating group) is 1. The highest BCUT2D eigenvalue weighted by Crippen LogP contribution is 2.30. The van der Waals surface area contributed by atoms with E-state index < -0.39 is 0 Å². The van der Waals surface area contributed by atoms with Crippen LogP contribution in [0.4, 0.5) is 5.82 Å². The lowest BCUT2D eigenvalue weighted by Gasteiger charge is -2.27. The fourth-order valence-electron chi connectivity index (χ4n) is 4.22. The lowest BCUT2D eigenvalue weighted by molar-refractivity contribution is 0.183. The van der Waals surface area contributed by atoms with Gasteiger partial charge in [-0.15, -0.1) is 0 Å².